The van der Waals surface area contributed by atoms with Crippen LogP contribution in [0.5, 0.6) is 5.75 Å². The molecule has 26 heavy (non-hydrogen) atoms. The van der Waals surface area contributed by atoms with Gasteiger partial charge in [-0.2, -0.15) is 0 Å². The second-order valence-electron chi connectivity index (χ2n) is 6.43. The number of rotatable bonds is 5. The molecule has 0 fully saturated rings. The molecule has 0 radical (unpaired) electrons. The van der Waals surface area contributed by atoms with Gasteiger partial charge in [0, 0.05) is 11.7 Å². The molecule has 136 valence electrons. The van der Waals surface area contributed by atoms with Crippen LogP contribution < -0.4 is 20.7 Å². The Balaban J connectivity index is 1.81. The standard InChI is InChI=1S/C20H23N3O3/c1-3-16(21)14-7-8-18-17(10-14)23(20(25)12-26-18)11-19(24)22-15-6-4-5-13(2)9-15/h4-10,16H,3,11-12,21H2,1-2H3,(H,22,24). The molecule has 1 heterocycles. The van der Waals surface area contributed by atoms with Crippen LogP contribution in [-0.2, 0) is 9.59 Å². The number of nitrogens with two attached hydrogens (primary N) is 1. The second kappa shape index (κ2) is 7.58. The number of carbonyl (C=O) groups is 2. The number of hydrogen-bond acceptors (Lipinski definition) is 4. The molecule has 3 N–H and O–H groups in total. The van der Waals surface area contributed by atoms with Crippen molar-refractivity contribution in [1.29, 1.82) is 0 Å². The molecule has 0 aliphatic carbocycles. The highest BCUT2D eigenvalue weighted by Gasteiger charge is 2.28. The van der Waals surface area contributed by atoms with E-state index in [1.54, 1.807) is 6.07 Å². The molecule has 0 spiro atoms. The molecule has 2 aromatic carbocycles. The number of carbonyl (C=O) groups excluding carboxylic acids is 2. The van der Waals surface area contributed by atoms with Gasteiger partial charge in [-0.15, -0.1) is 0 Å². The van der Waals surface area contributed by atoms with Crippen molar-refractivity contribution in [2.75, 3.05) is 23.4 Å². The first-order valence-corrected chi connectivity index (χ1v) is 8.67. The van der Waals surface area contributed by atoms with Crippen LogP contribution in [0.25, 0.3) is 0 Å². The van der Waals surface area contributed by atoms with Crippen LogP contribution in [0.2, 0.25) is 0 Å². The van der Waals surface area contributed by atoms with Gasteiger partial charge >= 0.3 is 0 Å². The van der Waals surface area contributed by atoms with Crippen LogP contribution in [0.3, 0.4) is 0 Å². The Morgan fingerprint density at radius 2 is 2.12 bits per heavy atom. The van der Waals surface area contributed by atoms with Crippen LogP contribution in [0.4, 0.5) is 11.4 Å². The molecule has 3 rings (SSSR count). The maximum atomic E-state index is 12.5. The predicted octanol–water partition coefficient (Wildman–Crippen LogP) is 2.77. The smallest absolute Gasteiger partial charge is 0.265 e. The van der Waals surface area contributed by atoms with Gasteiger partial charge in [-0.3, -0.25) is 14.5 Å². The number of benzene rings is 2. The van der Waals surface area contributed by atoms with E-state index in [4.69, 9.17) is 10.5 Å². The van der Waals surface area contributed by atoms with E-state index in [1.165, 1.54) is 4.90 Å². The van der Waals surface area contributed by atoms with Crippen molar-refractivity contribution in [2.45, 2.75) is 26.3 Å². The van der Waals surface area contributed by atoms with Gasteiger partial charge in [0.15, 0.2) is 6.61 Å². The molecule has 1 aliphatic rings. The van der Waals surface area contributed by atoms with Crippen LogP contribution in [0, 0.1) is 6.92 Å². The highest BCUT2D eigenvalue weighted by Crippen LogP contribution is 2.34. The average molecular weight is 353 g/mol. The summed E-state index contributed by atoms with van der Waals surface area (Å²) in [6, 6.07) is 12.9. The summed E-state index contributed by atoms with van der Waals surface area (Å²) < 4.78 is 5.49. The number of ether oxygens (including phenoxy) is 1. The molecule has 0 aromatic heterocycles. The molecule has 0 bridgehead atoms. The first-order valence-electron chi connectivity index (χ1n) is 8.67. The zero-order valence-corrected chi connectivity index (χ0v) is 15.0. The molecule has 0 saturated heterocycles. The second-order valence-corrected chi connectivity index (χ2v) is 6.43. The fourth-order valence-corrected chi connectivity index (χ4v) is 2.93. The molecule has 6 heteroatoms. The molecule has 1 unspecified atom stereocenters. The summed E-state index contributed by atoms with van der Waals surface area (Å²) in [5, 5.41) is 2.83. The fourth-order valence-electron chi connectivity index (χ4n) is 2.93. The van der Waals surface area contributed by atoms with E-state index in [2.05, 4.69) is 5.32 Å². The Hall–Kier alpha value is -2.86. The van der Waals surface area contributed by atoms with Crippen molar-refractivity contribution >= 4 is 23.2 Å². The minimum Gasteiger partial charge on any atom is -0.482 e. The summed E-state index contributed by atoms with van der Waals surface area (Å²) in [5.74, 6) is 0.0705. The van der Waals surface area contributed by atoms with Gasteiger partial charge in [-0.25, -0.2) is 0 Å². The SMILES string of the molecule is CCC(N)c1ccc2c(c1)N(CC(=O)Nc1cccc(C)c1)C(=O)CO2. The van der Waals surface area contributed by atoms with Gasteiger partial charge in [-0.1, -0.05) is 25.1 Å². The monoisotopic (exact) mass is 353 g/mol. The van der Waals surface area contributed by atoms with Crippen molar-refractivity contribution in [1.82, 2.24) is 0 Å². The van der Waals surface area contributed by atoms with E-state index >= 15 is 0 Å². The summed E-state index contributed by atoms with van der Waals surface area (Å²) in [6.45, 7) is 3.80. The van der Waals surface area contributed by atoms with Crippen LogP contribution in [0.1, 0.15) is 30.5 Å². The Kier molecular flexibility index (Phi) is 5.23. The van der Waals surface area contributed by atoms with Gasteiger partial charge in [0.2, 0.25) is 5.91 Å². The summed E-state index contributed by atoms with van der Waals surface area (Å²) in [6.07, 6.45) is 0.779. The number of anilines is 2. The third-order valence-corrected chi connectivity index (χ3v) is 4.40. The third-order valence-electron chi connectivity index (χ3n) is 4.40. The van der Waals surface area contributed by atoms with E-state index in [0.717, 1.165) is 17.5 Å². The van der Waals surface area contributed by atoms with Crippen molar-refractivity contribution < 1.29 is 14.3 Å². The summed E-state index contributed by atoms with van der Waals surface area (Å²) in [5.41, 5.74) is 9.35. The number of aryl methyl sites for hydroxylation is 1. The normalized spacial score (nSPS) is 14.4. The quantitative estimate of drug-likeness (QED) is 0.866. The Labute approximate surface area is 152 Å². The molecule has 2 amide bonds. The fraction of sp³-hybridized carbons (Fsp3) is 0.300. The third kappa shape index (κ3) is 3.86. The van der Waals surface area contributed by atoms with Crippen molar-refractivity contribution in [3.63, 3.8) is 0 Å². The number of nitrogens with zero attached hydrogens (tertiary/aromatic N) is 1. The largest absolute Gasteiger partial charge is 0.482 e. The van der Waals surface area contributed by atoms with Gasteiger partial charge in [0.1, 0.15) is 12.3 Å². The van der Waals surface area contributed by atoms with Gasteiger partial charge in [0.25, 0.3) is 5.91 Å². The number of fused-ring (bicyclic) bond motifs is 1. The van der Waals surface area contributed by atoms with Gasteiger partial charge in [-0.05, 0) is 48.7 Å². The highest BCUT2D eigenvalue weighted by molar-refractivity contribution is 6.05. The molecule has 6 nitrogen and oxygen atoms in total. The zero-order chi connectivity index (χ0) is 18.7. The van der Waals surface area contributed by atoms with Gasteiger partial charge < -0.3 is 15.8 Å². The van der Waals surface area contributed by atoms with E-state index in [9.17, 15) is 9.59 Å². The molecular formula is C20H23N3O3. The molecular weight excluding hydrogens is 330 g/mol. The summed E-state index contributed by atoms with van der Waals surface area (Å²) in [7, 11) is 0. The lowest BCUT2D eigenvalue weighted by molar-refractivity contribution is -0.123. The van der Waals surface area contributed by atoms with Crippen LogP contribution in [-0.4, -0.2) is 25.0 Å². The molecule has 2 aromatic rings. The maximum Gasteiger partial charge on any atom is 0.265 e. The Morgan fingerprint density at radius 1 is 1.31 bits per heavy atom. The number of amides is 2. The lowest BCUT2D eigenvalue weighted by Crippen LogP contribution is -2.43. The van der Waals surface area contributed by atoms with Gasteiger partial charge in [0.05, 0.1) is 5.69 Å². The van der Waals surface area contributed by atoms with Crippen molar-refractivity contribution in [3.8, 4) is 5.75 Å². The first kappa shape index (κ1) is 17.9. The van der Waals surface area contributed by atoms with E-state index in [1.807, 2.05) is 50.2 Å². The van der Waals surface area contributed by atoms with E-state index in [-0.39, 0.29) is 31.0 Å². The average Bonchev–Trinajstić information content (AvgIpc) is 2.63. The minimum absolute atomic E-state index is 0.0754. The molecule has 1 aliphatic heterocycles. The van der Waals surface area contributed by atoms with Crippen molar-refractivity contribution in [3.05, 3.63) is 53.6 Å². The Bertz CT molecular complexity index is 835. The van der Waals surface area contributed by atoms with E-state index in [0.29, 0.717) is 17.1 Å². The first-order chi connectivity index (χ1) is 12.5. The highest BCUT2D eigenvalue weighted by atomic mass is 16.5. The van der Waals surface area contributed by atoms with E-state index < -0.39 is 0 Å². The maximum absolute atomic E-state index is 12.5. The lowest BCUT2D eigenvalue weighted by Gasteiger charge is -2.29. The summed E-state index contributed by atoms with van der Waals surface area (Å²) >= 11 is 0. The lowest BCUT2D eigenvalue weighted by atomic mass is 10.0. The Morgan fingerprint density at radius 3 is 2.85 bits per heavy atom. The predicted molar refractivity (Wildman–Crippen MR) is 101 cm³/mol. The van der Waals surface area contributed by atoms with Crippen LogP contribution in [0.15, 0.2) is 42.5 Å². The number of hydrogen-bond donors (Lipinski definition) is 2. The topological polar surface area (TPSA) is 84.7 Å². The minimum atomic E-state index is -0.262. The summed E-state index contributed by atoms with van der Waals surface area (Å²) in [4.78, 5) is 26.2. The molecule has 0 saturated carbocycles. The molecule has 1 atom stereocenters. The van der Waals surface area contributed by atoms with Crippen LogP contribution >= 0.6 is 0 Å². The van der Waals surface area contributed by atoms with Crippen molar-refractivity contribution in [2.24, 2.45) is 5.73 Å². The number of nitrogens with one attached hydrogen (secondary N) is 1. The zero-order valence-electron chi connectivity index (χ0n) is 15.0.